The molecule has 26 heavy (non-hydrogen) atoms. The fourth-order valence-electron chi connectivity index (χ4n) is 2.99. The van der Waals surface area contributed by atoms with Gasteiger partial charge in [-0.2, -0.15) is 0 Å². The third-order valence-electron chi connectivity index (χ3n) is 4.49. The van der Waals surface area contributed by atoms with Gasteiger partial charge >= 0.3 is 0 Å². The molecular formula is C19H21N3O4. The van der Waals surface area contributed by atoms with Gasteiger partial charge in [0, 0.05) is 18.2 Å². The fourth-order valence-corrected chi connectivity index (χ4v) is 2.99. The van der Waals surface area contributed by atoms with E-state index in [1.165, 1.54) is 18.2 Å². The van der Waals surface area contributed by atoms with Crippen molar-refractivity contribution in [1.82, 2.24) is 10.6 Å². The van der Waals surface area contributed by atoms with E-state index in [-0.39, 0.29) is 29.1 Å². The maximum absolute atomic E-state index is 12.8. The quantitative estimate of drug-likeness (QED) is 0.635. The highest BCUT2D eigenvalue weighted by molar-refractivity contribution is 5.98. The number of nitrogens with one attached hydrogen (secondary N) is 2. The van der Waals surface area contributed by atoms with Crippen LogP contribution >= 0.6 is 0 Å². The van der Waals surface area contributed by atoms with Crippen LogP contribution in [-0.2, 0) is 0 Å². The number of ether oxygens (including phenoxy) is 1. The van der Waals surface area contributed by atoms with Crippen LogP contribution in [0, 0.1) is 16.0 Å². The first-order valence-corrected chi connectivity index (χ1v) is 8.57. The van der Waals surface area contributed by atoms with E-state index in [0.717, 1.165) is 19.5 Å². The SMILES string of the molecule is CC1CNCCC1NC(=O)c1cc([N+](=O)[O-])ccc1Oc1ccccc1. The van der Waals surface area contributed by atoms with E-state index in [1.807, 2.05) is 18.2 Å². The van der Waals surface area contributed by atoms with Gasteiger partial charge in [0.2, 0.25) is 0 Å². The first-order chi connectivity index (χ1) is 12.5. The molecule has 2 N–H and O–H groups in total. The Hall–Kier alpha value is -2.93. The normalized spacial score (nSPS) is 19.6. The highest BCUT2D eigenvalue weighted by Crippen LogP contribution is 2.29. The van der Waals surface area contributed by atoms with Crippen molar-refractivity contribution in [3.8, 4) is 11.5 Å². The molecule has 2 aromatic rings. The Balaban J connectivity index is 1.87. The minimum Gasteiger partial charge on any atom is -0.457 e. The third-order valence-corrected chi connectivity index (χ3v) is 4.49. The van der Waals surface area contributed by atoms with Gasteiger partial charge in [-0.25, -0.2) is 0 Å². The summed E-state index contributed by atoms with van der Waals surface area (Å²) < 4.78 is 5.79. The number of amides is 1. The van der Waals surface area contributed by atoms with E-state index < -0.39 is 4.92 Å². The molecule has 0 radical (unpaired) electrons. The number of hydrogen-bond donors (Lipinski definition) is 2. The molecule has 1 aliphatic heterocycles. The second-order valence-corrected chi connectivity index (χ2v) is 6.40. The highest BCUT2D eigenvalue weighted by Gasteiger charge is 2.25. The molecule has 7 nitrogen and oxygen atoms in total. The summed E-state index contributed by atoms with van der Waals surface area (Å²) in [6.45, 7) is 3.72. The largest absolute Gasteiger partial charge is 0.457 e. The molecule has 1 amide bonds. The van der Waals surface area contributed by atoms with Gasteiger partial charge in [0.05, 0.1) is 10.5 Å². The van der Waals surface area contributed by atoms with Gasteiger partial charge in [-0.3, -0.25) is 14.9 Å². The summed E-state index contributed by atoms with van der Waals surface area (Å²) >= 11 is 0. The number of para-hydroxylation sites is 1. The average Bonchev–Trinajstić information content (AvgIpc) is 2.64. The smallest absolute Gasteiger partial charge is 0.270 e. The van der Waals surface area contributed by atoms with Crippen molar-refractivity contribution in [1.29, 1.82) is 0 Å². The van der Waals surface area contributed by atoms with Gasteiger partial charge in [0.1, 0.15) is 11.5 Å². The second kappa shape index (κ2) is 7.97. The molecule has 3 rings (SSSR count). The number of benzene rings is 2. The van der Waals surface area contributed by atoms with Crippen molar-refractivity contribution in [3.05, 3.63) is 64.2 Å². The van der Waals surface area contributed by atoms with Gasteiger partial charge in [-0.15, -0.1) is 0 Å². The molecule has 2 aromatic carbocycles. The zero-order valence-electron chi connectivity index (χ0n) is 14.5. The van der Waals surface area contributed by atoms with Crippen LogP contribution in [0.2, 0.25) is 0 Å². The van der Waals surface area contributed by atoms with Crippen molar-refractivity contribution < 1.29 is 14.5 Å². The van der Waals surface area contributed by atoms with Gasteiger partial charge in [0.25, 0.3) is 11.6 Å². The molecule has 0 aliphatic carbocycles. The number of piperidine rings is 1. The molecule has 0 spiro atoms. The van der Waals surface area contributed by atoms with E-state index in [2.05, 4.69) is 17.6 Å². The van der Waals surface area contributed by atoms with Crippen LogP contribution in [0.4, 0.5) is 5.69 Å². The summed E-state index contributed by atoms with van der Waals surface area (Å²) in [6, 6.07) is 13.1. The van der Waals surface area contributed by atoms with Gasteiger partial charge < -0.3 is 15.4 Å². The molecular weight excluding hydrogens is 334 g/mol. The van der Waals surface area contributed by atoms with Crippen LogP contribution in [0.25, 0.3) is 0 Å². The minimum atomic E-state index is -0.518. The van der Waals surface area contributed by atoms with Crippen LogP contribution in [0.15, 0.2) is 48.5 Å². The topological polar surface area (TPSA) is 93.5 Å². The Kier molecular flexibility index (Phi) is 5.48. The number of nitro benzene ring substituents is 1. The van der Waals surface area contributed by atoms with Gasteiger partial charge in [-0.1, -0.05) is 25.1 Å². The number of nitro groups is 1. The first-order valence-electron chi connectivity index (χ1n) is 8.57. The number of non-ortho nitro benzene ring substituents is 1. The van der Waals surface area contributed by atoms with Crippen molar-refractivity contribution in [2.45, 2.75) is 19.4 Å². The van der Waals surface area contributed by atoms with Crippen LogP contribution in [0.1, 0.15) is 23.7 Å². The molecule has 7 heteroatoms. The van der Waals surface area contributed by atoms with Gasteiger partial charge in [-0.05, 0) is 43.6 Å². The zero-order chi connectivity index (χ0) is 18.5. The molecule has 1 heterocycles. The maximum atomic E-state index is 12.8. The van der Waals surface area contributed by atoms with Crippen molar-refractivity contribution >= 4 is 11.6 Å². The van der Waals surface area contributed by atoms with Crippen LogP contribution < -0.4 is 15.4 Å². The van der Waals surface area contributed by atoms with E-state index in [0.29, 0.717) is 11.5 Å². The zero-order valence-corrected chi connectivity index (χ0v) is 14.5. The number of rotatable bonds is 5. The van der Waals surface area contributed by atoms with E-state index in [4.69, 9.17) is 4.74 Å². The van der Waals surface area contributed by atoms with Crippen LogP contribution in [-0.4, -0.2) is 30.0 Å². The molecule has 0 saturated carbocycles. The molecule has 0 bridgehead atoms. The first kappa shape index (κ1) is 17.9. The van der Waals surface area contributed by atoms with E-state index >= 15 is 0 Å². The average molecular weight is 355 g/mol. The lowest BCUT2D eigenvalue weighted by molar-refractivity contribution is -0.384. The lowest BCUT2D eigenvalue weighted by Gasteiger charge is -2.30. The number of nitrogens with zero attached hydrogens (tertiary/aromatic N) is 1. The summed E-state index contributed by atoms with van der Waals surface area (Å²) in [4.78, 5) is 23.4. The summed E-state index contributed by atoms with van der Waals surface area (Å²) in [7, 11) is 0. The molecule has 2 atom stereocenters. The Bertz CT molecular complexity index is 795. The Labute approximate surface area is 151 Å². The Morgan fingerprint density at radius 2 is 2.04 bits per heavy atom. The van der Waals surface area contributed by atoms with E-state index in [9.17, 15) is 14.9 Å². The minimum absolute atomic E-state index is 0.0209. The summed E-state index contributed by atoms with van der Waals surface area (Å²) in [5, 5.41) is 17.4. The lowest BCUT2D eigenvalue weighted by atomic mass is 9.95. The number of hydrogen-bond acceptors (Lipinski definition) is 5. The second-order valence-electron chi connectivity index (χ2n) is 6.40. The Morgan fingerprint density at radius 3 is 2.73 bits per heavy atom. The summed E-state index contributed by atoms with van der Waals surface area (Å²) in [5.74, 6) is 0.773. The predicted octanol–water partition coefficient (Wildman–Crippen LogP) is 3.11. The Morgan fingerprint density at radius 1 is 1.27 bits per heavy atom. The maximum Gasteiger partial charge on any atom is 0.270 e. The van der Waals surface area contributed by atoms with Gasteiger partial charge in [0.15, 0.2) is 0 Å². The van der Waals surface area contributed by atoms with Crippen molar-refractivity contribution in [2.24, 2.45) is 5.92 Å². The fraction of sp³-hybridized carbons (Fsp3) is 0.316. The highest BCUT2D eigenvalue weighted by atomic mass is 16.6. The number of carbonyl (C=O) groups is 1. The van der Waals surface area contributed by atoms with E-state index in [1.54, 1.807) is 12.1 Å². The number of carbonyl (C=O) groups excluding carboxylic acids is 1. The van der Waals surface area contributed by atoms with Crippen molar-refractivity contribution in [2.75, 3.05) is 13.1 Å². The van der Waals surface area contributed by atoms with Crippen LogP contribution in [0.5, 0.6) is 11.5 Å². The monoisotopic (exact) mass is 355 g/mol. The molecule has 136 valence electrons. The van der Waals surface area contributed by atoms with Crippen molar-refractivity contribution in [3.63, 3.8) is 0 Å². The summed E-state index contributed by atoms with van der Waals surface area (Å²) in [6.07, 6.45) is 0.816. The molecule has 1 aliphatic rings. The third kappa shape index (κ3) is 4.18. The summed E-state index contributed by atoms with van der Waals surface area (Å²) in [5.41, 5.74) is 0.0164. The molecule has 1 fully saturated rings. The molecule has 2 unspecified atom stereocenters. The lowest BCUT2D eigenvalue weighted by Crippen LogP contribution is -2.48. The van der Waals surface area contributed by atoms with Crippen LogP contribution in [0.3, 0.4) is 0 Å². The molecule has 1 saturated heterocycles. The molecule has 0 aromatic heterocycles. The predicted molar refractivity (Wildman–Crippen MR) is 97.5 cm³/mol. The standard InChI is InChI=1S/C19H21N3O4/c1-13-12-20-10-9-17(13)21-19(23)16-11-14(22(24)25)7-8-18(16)26-15-5-3-2-4-6-15/h2-8,11,13,17,20H,9-10,12H2,1H3,(H,21,23).